The summed E-state index contributed by atoms with van der Waals surface area (Å²) in [5, 5.41) is 5.10. The van der Waals surface area contributed by atoms with Gasteiger partial charge < -0.3 is 11.1 Å². The van der Waals surface area contributed by atoms with Crippen molar-refractivity contribution < 1.29 is 22.4 Å². The average Bonchev–Trinajstić information content (AvgIpc) is 2.60. The van der Waals surface area contributed by atoms with Crippen molar-refractivity contribution in [2.75, 3.05) is 5.32 Å². The molecule has 0 saturated carbocycles. The molecule has 0 bridgehead atoms. The van der Waals surface area contributed by atoms with Crippen LogP contribution in [0.5, 0.6) is 0 Å². The van der Waals surface area contributed by atoms with Gasteiger partial charge in [0.05, 0.1) is 4.90 Å². The second-order valence-corrected chi connectivity index (χ2v) is 7.41. The van der Waals surface area contributed by atoms with Crippen LogP contribution >= 0.6 is 12.2 Å². The number of hydrogen-bond donors (Lipinski definition) is 4. The Morgan fingerprint density at radius 2 is 1.64 bits per heavy atom. The van der Waals surface area contributed by atoms with Gasteiger partial charge in [-0.05, 0) is 60.3 Å². The van der Waals surface area contributed by atoms with Gasteiger partial charge in [-0.2, -0.15) is 0 Å². The fourth-order valence-electron chi connectivity index (χ4n) is 1.97. The van der Waals surface area contributed by atoms with Crippen LogP contribution in [0.15, 0.2) is 59.5 Å². The molecule has 0 radical (unpaired) electrons. The van der Waals surface area contributed by atoms with Crippen LogP contribution < -0.4 is 21.1 Å². The molecule has 0 fully saturated rings. The van der Waals surface area contributed by atoms with Crippen molar-refractivity contribution in [2.45, 2.75) is 4.90 Å². The van der Waals surface area contributed by atoms with Crippen LogP contribution in [-0.2, 0) is 14.8 Å². The van der Waals surface area contributed by atoms with E-state index >= 15 is 0 Å². The minimum atomic E-state index is -4.05. The van der Waals surface area contributed by atoms with Crippen LogP contribution in [0.4, 0.5) is 14.9 Å². The maximum Gasteiger partial charge on any atom is 0.326 e. The topological polar surface area (TPSA) is 130 Å². The van der Waals surface area contributed by atoms with Crippen LogP contribution in [0.1, 0.15) is 5.56 Å². The Hall–Kier alpha value is -3.31. The highest BCUT2D eigenvalue weighted by Gasteiger charge is 2.15. The van der Waals surface area contributed by atoms with E-state index in [-0.39, 0.29) is 15.8 Å². The fraction of sp³-hybridized carbons (Fsp3) is 0. The Balaban J connectivity index is 1.92. The van der Waals surface area contributed by atoms with Gasteiger partial charge >= 0.3 is 6.03 Å². The first kappa shape index (κ1) is 21.0. The van der Waals surface area contributed by atoms with Gasteiger partial charge in [0.1, 0.15) is 5.82 Å². The SMILES string of the molecule is NC(=O)NS(=O)(=O)c1ccc(NC(=S)NC(=O)/C=C/c2ccc(F)cc2)cc1. The Labute approximate surface area is 165 Å². The van der Waals surface area contributed by atoms with Gasteiger partial charge in [0.15, 0.2) is 5.11 Å². The minimum absolute atomic E-state index is 0.0142. The average molecular weight is 422 g/mol. The smallest absolute Gasteiger partial charge is 0.326 e. The quantitative estimate of drug-likeness (QED) is 0.429. The molecule has 0 aromatic heterocycles. The number of sulfonamides is 1. The Morgan fingerprint density at radius 3 is 2.21 bits per heavy atom. The molecule has 28 heavy (non-hydrogen) atoms. The lowest BCUT2D eigenvalue weighted by atomic mass is 10.2. The summed E-state index contributed by atoms with van der Waals surface area (Å²) >= 11 is 5.01. The molecule has 2 rings (SSSR count). The third-order valence-corrected chi connectivity index (χ3v) is 4.76. The summed E-state index contributed by atoms with van der Waals surface area (Å²) in [6.45, 7) is 0. The van der Waals surface area contributed by atoms with Gasteiger partial charge in [-0.3, -0.25) is 10.1 Å². The molecular formula is C17H15FN4O4S2. The Morgan fingerprint density at radius 1 is 1.04 bits per heavy atom. The first-order valence-electron chi connectivity index (χ1n) is 7.64. The molecule has 0 atom stereocenters. The summed E-state index contributed by atoms with van der Waals surface area (Å²) in [5.74, 6) is -0.886. The molecule has 8 nitrogen and oxygen atoms in total. The summed E-state index contributed by atoms with van der Waals surface area (Å²) in [6.07, 6.45) is 2.72. The summed E-state index contributed by atoms with van der Waals surface area (Å²) in [7, 11) is -4.05. The highest BCUT2D eigenvalue weighted by molar-refractivity contribution is 7.90. The number of carbonyl (C=O) groups is 2. The van der Waals surface area contributed by atoms with Crippen molar-refractivity contribution in [3.05, 3.63) is 66.0 Å². The number of rotatable bonds is 5. The number of urea groups is 1. The lowest BCUT2D eigenvalue weighted by molar-refractivity contribution is -0.115. The molecule has 2 aromatic carbocycles. The summed E-state index contributed by atoms with van der Waals surface area (Å²) < 4.78 is 38.0. The highest BCUT2D eigenvalue weighted by Crippen LogP contribution is 2.14. The second kappa shape index (κ2) is 9.06. The van der Waals surface area contributed by atoms with Crippen LogP contribution in [0.2, 0.25) is 0 Å². The third kappa shape index (κ3) is 6.45. The summed E-state index contributed by atoms with van der Waals surface area (Å²) in [4.78, 5) is 22.4. The van der Waals surface area contributed by atoms with Gasteiger partial charge in [0, 0.05) is 11.8 Å². The molecule has 0 aliphatic carbocycles. The number of anilines is 1. The zero-order valence-corrected chi connectivity index (χ0v) is 15.8. The predicted molar refractivity (Wildman–Crippen MR) is 106 cm³/mol. The van der Waals surface area contributed by atoms with Gasteiger partial charge in [-0.1, -0.05) is 12.1 Å². The van der Waals surface area contributed by atoms with E-state index in [0.29, 0.717) is 11.3 Å². The molecule has 0 spiro atoms. The van der Waals surface area contributed by atoms with Crippen LogP contribution in [0, 0.1) is 5.82 Å². The number of benzene rings is 2. The number of amides is 3. The summed E-state index contributed by atoms with van der Waals surface area (Å²) in [5.41, 5.74) is 5.85. The van der Waals surface area contributed by atoms with E-state index in [1.165, 1.54) is 60.7 Å². The second-order valence-electron chi connectivity index (χ2n) is 5.32. The predicted octanol–water partition coefficient (Wildman–Crippen LogP) is 1.71. The molecule has 2 aromatic rings. The van der Waals surface area contributed by atoms with Crippen molar-refractivity contribution >= 4 is 51.1 Å². The van der Waals surface area contributed by atoms with E-state index in [0.717, 1.165) is 0 Å². The van der Waals surface area contributed by atoms with Crippen LogP contribution in [0.3, 0.4) is 0 Å². The van der Waals surface area contributed by atoms with Gasteiger partial charge in [-0.15, -0.1) is 0 Å². The molecule has 0 aliphatic heterocycles. The van der Waals surface area contributed by atoms with E-state index in [4.69, 9.17) is 18.0 Å². The number of halogens is 1. The number of thiocarbonyl (C=S) groups is 1. The van der Waals surface area contributed by atoms with Crippen molar-refractivity contribution in [1.29, 1.82) is 0 Å². The molecule has 5 N–H and O–H groups in total. The number of primary amides is 1. The maximum absolute atomic E-state index is 12.8. The van der Waals surface area contributed by atoms with Gasteiger partial charge in [-0.25, -0.2) is 22.3 Å². The molecule has 3 amide bonds. The van der Waals surface area contributed by atoms with E-state index in [1.807, 2.05) is 0 Å². The molecule has 11 heteroatoms. The number of nitrogens with one attached hydrogen (secondary N) is 3. The van der Waals surface area contributed by atoms with E-state index < -0.39 is 22.0 Å². The highest BCUT2D eigenvalue weighted by atomic mass is 32.2. The lowest BCUT2D eigenvalue weighted by Crippen LogP contribution is -2.35. The van der Waals surface area contributed by atoms with Gasteiger partial charge in [0.25, 0.3) is 10.0 Å². The molecule has 146 valence electrons. The zero-order valence-electron chi connectivity index (χ0n) is 14.2. The van der Waals surface area contributed by atoms with Crippen molar-refractivity contribution in [3.8, 4) is 0 Å². The van der Waals surface area contributed by atoms with Crippen LogP contribution in [0.25, 0.3) is 6.08 Å². The van der Waals surface area contributed by atoms with E-state index in [1.54, 1.807) is 4.72 Å². The molecule has 0 heterocycles. The molecule has 0 saturated heterocycles. The number of nitrogens with two attached hydrogens (primary N) is 1. The number of hydrogen-bond acceptors (Lipinski definition) is 5. The zero-order chi connectivity index (χ0) is 20.7. The third-order valence-electron chi connectivity index (χ3n) is 3.19. The minimum Gasteiger partial charge on any atom is -0.351 e. The number of carbonyl (C=O) groups excluding carboxylic acids is 2. The van der Waals surface area contributed by atoms with E-state index in [2.05, 4.69) is 10.6 Å². The lowest BCUT2D eigenvalue weighted by Gasteiger charge is -2.09. The van der Waals surface area contributed by atoms with E-state index in [9.17, 15) is 22.4 Å². The standard InChI is InChI=1S/C17H15FN4O4S2/c18-12-4-1-11(2-5-12)3-10-15(23)21-17(27)20-13-6-8-14(9-7-13)28(25,26)22-16(19)24/h1-10H,(H3,19,22,24)(H2,20,21,23,27)/b10-3+. The molecule has 0 unspecified atom stereocenters. The monoisotopic (exact) mass is 422 g/mol. The first-order chi connectivity index (χ1) is 13.2. The summed E-state index contributed by atoms with van der Waals surface area (Å²) in [6, 6.07) is 9.61. The van der Waals surface area contributed by atoms with Crippen LogP contribution in [-0.4, -0.2) is 25.5 Å². The van der Waals surface area contributed by atoms with Crippen molar-refractivity contribution in [3.63, 3.8) is 0 Å². The normalized spacial score (nSPS) is 11.0. The Kier molecular flexibility index (Phi) is 6.79. The first-order valence-corrected chi connectivity index (χ1v) is 9.53. The maximum atomic E-state index is 12.8. The largest absolute Gasteiger partial charge is 0.351 e. The molecular weight excluding hydrogens is 407 g/mol. The van der Waals surface area contributed by atoms with Gasteiger partial charge in [0.2, 0.25) is 5.91 Å². The van der Waals surface area contributed by atoms with Crippen molar-refractivity contribution in [1.82, 2.24) is 10.0 Å². The van der Waals surface area contributed by atoms with Crippen molar-refractivity contribution in [2.24, 2.45) is 5.73 Å². The fourth-order valence-corrected chi connectivity index (χ4v) is 3.07. The molecule has 0 aliphatic rings. The Bertz CT molecular complexity index is 1020.